The summed E-state index contributed by atoms with van der Waals surface area (Å²) in [5.41, 5.74) is 0. The first kappa shape index (κ1) is 12.5. The second-order valence-electron chi connectivity index (χ2n) is 4.35. The van der Waals surface area contributed by atoms with E-state index in [9.17, 15) is 4.79 Å². The Morgan fingerprint density at radius 2 is 1.93 bits per heavy atom. The minimum atomic E-state index is -0.876. The van der Waals surface area contributed by atoms with Crippen molar-refractivity contribution in [3.8, 4) is 0 Å². The molecule has 0 saturated heterocycles. The number of rotatable bonds is 6. The monoisotopic (exact) mass is 215 g/mol. The maximum Gasteiger partial charge on any atom is 0.329 e. The van der Waals surface area contributed by atoms with Crippen LogP contribution in [-0.2, 0) is 9.53 Å². The van der Waals surface area contributed by atoms with Crippen molar-refractivity contribution >= 4 is 5.97 Å². The molecule has 4 nitrogen and oxygen atoms in total. The molecule has 1 fully saturated rings. The van der Waals surface area contributed by atoms with Crippen LogP contribution in [0.1, 0.15) is 25.7 Å². The van der Waals surface area contributed by atoms with Crippen molar-refractivity contribution in [2.45, 2.75) is 25.7 Å². The van der Waals surface area contributed by atoms with Gasteiger partial charge in [0, 0.05) is 0 Å². The molecular formula is C11H21NO3. The number of hydrogen-bond donors (Lipinski definition) is 2. The second-order valence-corrected chi connectivity index (χ2v) is 4.35. The van der Waals surface area contributed by atoms with Gasteiger partial charge in [0.15, 0.2) is 0 Å². The van der Waals surface area contributed by atoms with Gasteiger partial charge >= 0.3 is 5.97 Å². The van der Waals surface area contributed by atoms with Gasteiger partial charge in [0.1, 0.15) is 6.61 Å². The molecule has 0 bridgehead atoms. The highest BCUT2D eigenvalue weighted by Crippen LogP contribution is 2.28. The maximum absolute atomic E-state index is 10.2. The van der Waals surface area contributed by atoms with Crippen LogP contribution in [0.3, 0.4) is 0 Å². The van der Waals surface area contributed by atoms with E-state index in [4.69, 9.17) is 9.84 Å². The van der Waals surface area contributed by atoms with Crippen LogP contribution in [0.5, 0.6) is 0 Å². The molecule has 15 heavy (non-hydrogen) atoms. The predicted molar refractivity (Wildman–Crippen MR) is 57.8 cm³/mol. The Balaban J connectivity index is 2.06. The number of ether oxygens (including phenoxy) is 1. The molecule has 1 aliphatic rings. The normalized spacial score (nSPS) is 26.5. The number of nitrogens with one attached hydrogen (secondary N) is 1. The third kappa shape index (κ3) is 5.14. The zero-order chi connectivity index (χ0) is 11.1. The van der Waals surface area contributed by atoms with Gasteiger partial charge in [-0.1, -0.05) is 0 Å². The van der Waals surface area contributed by atoms with Crippen molar-refractivity contribution in [3.63, 3.8) is 0 Å². The Morgan fingerprint density at radius 3 is 2.47 bits per heavy atom. The molecule has 0 aromatic rings. The lowest BCUT2D eigenvalue weighted by Gasteiger charge is -2.27. The molecule has 1 rings (SSSR count). The van der Waals surface area contributed by atoms with Crippen molar-refractivity contribution in [3.05, 3.63) is 0 Å². The van der Waals surface area contributed by atoms with E-state index in [1.165, 1.54) is 25.7 Å². The number of carbonyl (C=O) groups is 1. The Labute approximate surface area is 91.0 Å². The summed E-state index contributed by atoms with van der Waals surface area (Å²) in [5.74, 6) is 0.488. The van der Waals surface area contributed by atoms with Gasteiger partial charge in [-0.3, -0.25) is 0 Å². The minimum Gasteiger partial charge on any atom is -0.480 e. The van der Waals surface area contributed by atoms with Crippen LogP contribution >= 0.6 is 0 Å². The molecule has 0 atom stereocenters. The smallest absolute Gasteiger partial charge is 0.329 e. The van der Waals surface area contributed by atoms with Crippen LogP contribution in [0.2, 0.25) is 0 Å². The van der Waals surface area contributed by atoms with Crippen molar-refractivity contribution in [1.29, 1.82) is 0 Å². The summed E-state index contributed by atoms with van der Waals surface area (Å²) in [6.07, 6.45) is 4.82. The average Bonchev–Trinajstić information content (AvgIpc) is 2.20. The third-order valence-corrected chi connectivity index (χ3v) is 3.04. The summed E-state index contributed by atoms with van der Waals surface area (Å²) in [6.45, 7) is 1.55. The van der Waals surface area contributed by atoms with Gasteiger partial charge in [0.2, 0.25) is 0 Å². The van der Waals surface area contributed by atoms with Gasteiger partial charge in [0.05, 0.1) is 6.61 Å². The Morgan fingerprint density at radius 1 is 1.33 bits per heavy atom. The van der Waals surface area contributed by atoms with Gasteiger partial charge in [-0.25, -0.2) is 4.79 Å². The zero-order valence-electron chi connectivity index (χ0n) is 9.37. The molecule has 2 N–H and O–H groups in total. The fraction of sp³-hybridized carbons (Fsp3) is 0.909. The number of carboxylic acid groups (broad SMARTS) is 1. The Bertz CT molecular complexity index is 188. The van der Waals surface area contributed by atoms with Crippen molar-refractivity contribution in [2.75, 3.05) is 26.8 Å². The molecule has 0 aromatic carbocycles. The summed E-state index contributed by atoms with van der Waals surface area (Å²) in [5, 5.41) is 11.6. The first-order valence-corrected chi connectivity index (χ1v) is 5.66. The van der Waals surface area contributed by atoms with Crippen LogP contribution in [0, 0.1) is 11.8 Å². The van der Waals surface area contributed by atoms with Gasteiger partial charge in [-0.15, -0.1) is 0 Å². The SMILES string of the molecule is CNCC1CCC(COCC(=O)O)CC1. The summed E-state index contributed by atoms with van der Waals surface area (Å²) < 4.78 is 5.11. The van der Waals surface area contributed by atoms with Crippen LogP contribution in [0.15, 0.2) is 0 Å². The molecule has 0 aromatic heterocycles. The largest absolute Gasteiger partial charge is 0.480 e. The van der Waals surface area contributed by atoms with E-state index in [2.05, 4.69) is 5.32 Å². The molecule has 0 aliphatic heterocycles. The van der Waals surface area contributed by atoms with Gasteiger partial charge in [-0.05, 0) is 51.1 Å². The predicted octanol–water partition coefficient (Wildman–Crippen LogP) is 1.11. The quantitative estimate of drug-likeness (QED) is 0.697. The van der Waals surface area contributed by atoms with Crippen molar-refractivity contribution in [2.24, 2.45) is 11.8 Å². The zero-order valence-corrected chi connectivity index (χ0v) is 9.37. The van der Waals surface area contributed by atoms with E-state index in [0.717, 1.165) is 12.5 Å². The molecule has 1 saturated carbocycles. The molecule has 4 heteroatoms. The number of hydrogen-bond acceptors (Lipinski definition) is 3. The topological polar surface area (TPSA) is 58.6 Å². The van der Waals surface area contributed by atoms with E-state index in [-0.39, 0.29) is 6.61 Å². The van der Waals surface area contributed by atoms with E-state index < -0.39 is 5.97 Å². The highest BCUT2D eigenvalue weighted by Gasteiger charge is 2.20. The standard InChI is InChI=1S/C11H21NO3/c1-12-6-9-2-4-10(5-3-9)7-15-8-11(13)14/h9-10,12H,2-8H2,1H3,(H,13,14). The van der Waals surface area contributed by atoms with Crippen LogP contribution in [0.4, 0.5) is 0 Å². The highest BCUT2D eigenvalue weighted by molar-refractivity contribution is 5.67. The molecule has 0 amide bonds. The van der Waals surface area contributed by atoms with Gasteiger partial charge < -0.3 is 15.2 Å². The fourth-order valence-electron chi connectivity index (χ4n) is 2.20. The van der Waals surface area contributed by atoms with Crippen LogP contribution < -0.4 is 5.32 Å². The average molecular weight is 215 g/mol. The molecule has 1 aliphatic carbocycles. The number of carboxylic acids is 1. The first-order valence-electron chi connectivity index (χ1n) is 5.66. The molecule has 0 spiro atoms. The van der Waals surface area contributed by atoms with Gasteiger partial charge in [0.25, 0.3) is 0 Å². The van der Waals surface area contributed by atoms with Crippen molar-refractivity contribution in [1.82, 2.24) is 5.32 Å². The van der Waals surface area contributed by atoms with Crippen LogP contribution in [-0.4, -0.2) is 37.9 Å². The Kier molecular flexibility index (Phi) is 5.65. The van der Waals surface area contributed by atoms with Crippen molar-refractivity contribution < 1.29 is 14.6 Å². The van der Waals surface area contributed by atoms with Crippen LogP contribution in [0.25, 0.3) is 0 Å². The summed E-state index contributed by atoms with van der Waals surface area (Å²) in [7, 11) is 1.99. The molecule has 0 heterocycles. The molecule has 0 unspecified atom stereocenters. The van der Waals surface area contributed by atoms with Gasteiger partial charge in [-0.2, -0.15) is 0 Å². The van der Waals surface area contributed by atoms with E-state index in [1.807, 2.05) is 7.05 Å². The van der Waals surface area contributed by atoms with E-state index in [0.29, 0.717) is 12.5 Å². The number of aliphatic carboxylic acids is 1. The van der Waals surface area contributed by atoms with E-state index >= 15 is 0 Å². The first-order chi connectivity index (χ1) is 7.22. The summed E-state index contributed by atoms with van der Waals surface area (Å²) >= 11 is 0. The highest BCUT2D eigenvalue weighted by atomic mass is 16.5. The third-order valence-electron chi connectivity index (χ3n) is 3.04. The maximum atomic E-state index is 10.2. The fourth-order valence-corrected chi connectivity index (χ4v) is 2.20. The second kappa shape index (κ2) is 6.80. The lowest BCUT2D eigenvalue weighted by molar-refractivity contribution is -0.142. The lowest BCUT2D eigenvalue weighted by atomic mass is 9.82. The van der Waals surface area contributed by atoms with E-state index in [1.54, 1.807) is 0 Å². The molecular weight excluding hydrogens is 194 g/mol. The molecule has 0 radical (unpaired) electrons. The molecule has 88 valence electrons. The lowest BCUT2D eigenvalue weighted by Crippen LogP contribution is -2.26. The summed E-state index contributed by atoms with van der Waals surface area (Å²) in [4.78, 5) is 10.2. The summed E-state index contributed by atoms with van der Waals surface area (Å²) in [6, 6.07) is 0. The Hall–Kier alpha value is -0.610. The minimum absolute atomic E-state index is 0.156.